The highest BCUT2D eigenvalue weighted by Gasteiger charge is 2.08. The summed E-state index contributed by atoms with van der Waals surface area (Å²) in [7, 11) is 0. The number of halogens is 1. The minimum atomic E-state index is 0.982. The van der Waals surface area contributed by atoms with Gasteiger partial charge in [0, 0.05) is 35.6 Å². The van der Waals surface area contributed by atoms with Gasteiger partial charge in [-0.25, -0.2) is 0 Å². The normalized spacial score (nSPS) is 11.3. The van der Waals surface area contributed by atoms with Crippen LogP contribution in [0.15, 0.2) is 29.3 Å². The van der Waals surface area contributed by atoms with Crippen LogP contribution in [0.2, 0.25) is 0 Å². The average Bonchev–Trinajstić information content (AvgIpc) is 2.60. The fraction of sp³-hybridized carbons (Fsp3) is 0.0909. The first-order valence-corrected chi connectivity index (χ1v) is 5.42. The Kier molecular flexibility index (Phi) is 1.79. The Labute approximate surface area is 94.7 Å². The van der Waals surface area contributed by atoms with E-state index in [0.29, 0.717) is 0 Å². The van der Waals surface area contributed by atoms with Gasteiger partial charge in [-0.05, 0) is 28.4 Å². The van der Waals surface area contributed by atoms with Gasteiger partial charge in [0.2, 0.25) is 0 Å². The van der Waals surface area contributed by atoms with Crippen molar-refractivity contribution in [3.8, 4) is 0 Å². The van der Waals surface area contributed by atoms with E-state index in [1.807, 2.05) is 25.5 Å². The van der Waals surface area contributed by atoms with Crippen molar-refractivity contribution in [2.24, 2.45) is 0 Å². The first-order chi connectivity index (χ1) is 7.27. The number of nitrogens with zero attached hydrogens (tertiary/aromatic N) is 2. The molecule has 15 heavy (non-hydrogen) atoms. The third-order valence-corrected chi connectivity index (χ3v) is 3.18. The molecule has 0 aliphatic rings. The molecule has 4 heteroatoms. The number of aromatic amines is 1. The monoisotopic (exact) mass is 261 g/mol. The number of aromatic nitrogens is 3. The third kappa shape index (κ3) is 1.18. The molecule has 3 rings (SSSR count). The molecular formula is C11H8BrN3. The van der Waals surface area contributed by atoms with E-state index in [4.69, 9.17) is 0 Å². The molecule has 0 radical (unpaired) electrons. The van der Waals surface area contributed by atoms with Crippen LogP contribution >= 0.6 is 15.9 Å². The molecule has 74 valence electrons. The lowest BCUT2D eigenvalue weighted by molar-refractivity contribution is 1.30. The molecule has 0 saturated carbocycles. The zero-order chi connectivity index (χ0) is 10.4. The lowest BCUT2D eigenvalue weighted by Crippen LogP contribution is -1.77. The standard InChI is InChI=1S/C11H8BrN3/c1-6-2-13-3-7-8-4-14-5-9(12)11(8)15-10(6)7/h2-5,15H,1H3. The Bertz CT molecular complexity index is 601. The SMILES string of the molecule is Cc1cncc2c1[nH]c1c(Br)cncc12. The van der Waals surface area contributed by atoms with Crippen LogP contribution in [0.25, 0.3) is 21.8 Å². The van der Waals surface area contributed by atoms with E-state index in [-0.39, 0.29) is 0 Å². The second kappa shape index (κ2) is 3.03. The summed E-state index contributed by atoms with van der Waals surface area (Å²) in [5, 5.41) is 2.23. The number of rotatable bonds is 0. The number of pyridine rings is 2. The van der Waals surface area contributed by atoms with Crippen LogP contribution in [0, 0.1) is 6.92 Å². The topological polar surface area (TPSA) is 41.6 Å². The molecule has 0 unspecified atom stereocenters. The summed E-state index contributed by atoms with van der Waals surface area (Å²) in [4.78, 5) is 11.8. The van der Waals surface area contributed by atoms with Crippen LogP contribution in [-0.2, 0) is 0 Å². The Morgan fingerprint density at radius 1 is 1.00 bits per heavy atom. The maximum atomic E-state index is 4.20. The maximum absolute atomic E-state index is 4.20. The summed E-state index contributed by atoms with van der Waals surface area (Å²) in [6.45, 7) is 2.05. The first kappa shape index (κ1) is 8.85. The van der Waals surface area contributed by atoms with Crippen LogP contribution < -0.4 is 0 Å². The number of aryl methyl sites for hydroxylation is 1. The van der Waals surface area contributed by atoms with Crippen LogP contribution in [0.4, 0.5) is 0 Å². The second-order valence-corrected chi connectivity index (χ2v) is 4.40. The number of nitrogens with one attached hydrogen (secondary N) is 1. The summed E-state index contributed by atoms with van der Waals surface area (Å²) in [5.41, 5.74) is 3.36. The van der Waals surface area contributed by atoms with Crippen molar-refractivity contribution in [2.45, 2.75) is 6.92 Å². The third-order valence-electron chi connectivity index (χ3n) is 2.58. The lowest BCUT2D eigenvalue weighted by Gasteiger charge is -1.92. The Hall–Kier alpha value is -1.42. The smallest absolute Gasteiger partial charge is 0.0641 e. The van der Waals surface area contributed by atoms with Crippen LogP contribution in [0.1, 0.15) is 5.56 Å². The zero-order valence-electron chi connectivity index (χ0n) is 8.08. The molecule has 0 saturated heterocycles. The minimum absolute atomic E-state index is 0.982. The van der Waals surface area contributed by atoms with Crippen LogP contribution in [-0.4, -0.2) is 15.0 Å². The molecular weight excluding hydrogens is 254 g/mol. The van der Waals surface area contributed by atoms with Crippen molar-refractivity contribution in [1.29, 1.82) is 0 Å². The fourth-order valence-corrected chi connectivity index (χ4v) is 2.26. The van der Waals surface area contributed by atoms with Gasteiger partial charge in [-0.2, -0.15) is 0 Å². The highest BCUT2D eigenvalue weighted by molar-refractivity contribution is 9.10. The van der Waals surface area contributed by atoms with E-state index in [2.05, 4.69) is 30.9 Å². The number of hydrogen-bond acceptors (Lipinski definition) is 2. The van der Waals surface area contributed by atoms with E-state index in [1.54, 1.807) is 6.20 Å². The Morgan fingerprint density at radius 2 is 1.67 bits per heavy atom. The molecule has 0 spiro atoms. The van der Waals surface area contributed by atoms with Gasteiger partial charge in [0.25, 0.3) is 0 Å². The Morgan fingerprint density at radius 3 is 2.47 bits per heavy atom. The van der Waals surface area contributed by atoms with E-state index < -0.39 is 0 Å². The Balaban J connectivity index is 2.63. The summed E-state index contributed by atoms with van der Waals surface area (Å²) in [6, 6.07) is 0. The molecule has 0 fully saturated rings. The van der Waals surface area contributed by atoms with E-state index in [1.165, 1.54) is 0 Å². The predicted octanol–water partition coefficient (Wildman–Crippen LogP) is 3.18. The maximum Gasteiger partial charge on any atom is 0.0641 e. The largest absolute Gasteiger partial charge is 0.353 e. The van der Waals surface area contributed by atoms with E-state index >= 15 is 0 Å². The van der Waals surface area contributed by atoms with E-state index in [0.717, 1.165) is 31.8 Å². The fourth-order valence-electron chi connectivity index (χ4n) is 1.83. The lowest BCUT2D eigenvalue weighted by atomic mass is 10.2. The molecule has 0 amide bonds. The highest BCUT2D eigenvalue weighted by Crippen LogP contribution is 2.29. The number of hydrogen-bond donors (Lipinski definition) is 1. The van der Waals surface area contributed by atoms with Crippen molar-refractivity contribution >= 4 is 37.7 Å². The van der Waals surface area contributed by atoms with Gasteiger partial charge >= 0.3 is 0 Å². The van der Waals surface area contributed by atoms with Crippen LogP contribution in [0.5, 0.6) is 0 Å². The summed E-state index contributed by atoms with van der Waals surface area (Å²) < 4.78 is 0.982. The minimum Gasteiger partial charge on any atom is -0.353 e. The zero-order valence-corrected chi connectivity index (χ0v) is 9.67. The highest BCUT2D eigenvalue weighted by atomic mass is 79.9. The summed E-state index contributed by atoms with van der Waals surface area (Å²) in [5.74, 6) is 0. The second-order valence-electron chi connectivity index (χ2n) is 3.55. The van der Waals surface area contributed by atoms with Crippen molar-refractivity contribution in [2.75, 3.05) is 0 Å². The van der Waals surface area contributed by atoms with Crippen molar-refractivity contribution in [3.05, 3.63) is 34.8 Å². The van der Waals surface area contributed by atoms with Crippen molar-refractivity contribution in [1.82, 2.24) is 15.0 Å². The summed E-state index contributed by atoms with van der Waals surface area (Å²) in [6.07, 6.45) is 7.38. The van der Waals surface area contributed by atoms with Crippen molar-refractivity contribution in [3.63, 3.8) is 0 Å². The molecule has 3 heterocycles. The van der Waals surface area contributed by atoms with Gasteiger partial charge in [0.15, 0.2) is 0 Å². The molecule has 0 atom stereocenters. The average molecular weight is 262 g/mol. The van der Waals surface area contributed by atoms with Gasteiger partial charge < -0.3 is 4.98 Å². The molecule has 0 bridgehead atoms. The first-order valence-electron chi connectivity index (χ1n) is 4.63. The summed E-state index contributed by atoms with van der Waals surface area (Å²) >= 11 is 3.49. The van der Waals surface area contributed by atoms with Gasteiger partial charge in [-0.1, -0.05) is 0 Å². The predicted molar refractivity (Wildman–Crippen MR) is 63.8 cm³/mol. The van der Waals surface area contributed by atoms with Gasteiger partial charge in [0.05, 0.1) is 15.5 Å². The molecule has 1 N–H and O–H groups in total. The molecule has 3 aromatic rings. The van der Waals surface area contributed by atoms with Gasteiger partial charge in [0.1, 0.15) is 0 Å². The molecule has 0 aliphatic carbocycles. The van der Waals surface area contributed by atoms with Gasteiger partial charge in [-0.3, -0.25) is 9.97 Å². The molecule has 3 nitrogen and oxygen atoms in total. The van der Waals surface area contributed by atoms with Crippen molar-refractivity contribution < 1.29 is 0 Å². The van der Waals surface area contributed by atoms with E-state index in [9.17, 15) is 0 Å². The quantitative estimate of drug-likeness (QED) is 0.676. The molecule has 0 aliphatic heterocycles. The van der Waals surface area contributed by atoms with Crippen LogP contribution in [0.3, 0.4) is 0 Å². The number of fused-ring (bicyclic) bond motifs is 3. The molecule has 0 aromatic carbocycles. The number of H-pyrrole nitrogens is 1. The molecule has 3 aromatic heterocycles. The van der Waals surface area contributed by atoms with Gasteiger partial charge in [-0.15, -0.1) is 0 Å².